The van der Waals surface area contributed by atoms with E-state index in [1.807, 2.05) is 54.6 Å². The lowest BCUT2D eigenvalue weighted by Gasteiger charge is -2.36. The highest BCUT2D eigenvalue weighted by molar-refractivity contribution is 5.30. The van der Waals surface area contributed by atoms with Crippen LogP contribution in [0.3, 0.4) is 0 Å². The molecule has 4 rings (SSSR count). The third-order valence-corrected chi connectivity index (χ3v) is 7.14. The first-order chi connectivity index (χ1) is 16.9. The van der Waals surface area contributed by atoms with Gasteiger partial charge in [0.1, 0.15) is 18.8 Å². The molecule has 6 nitrogen and oxygen atoms in total. The fraction of sp³-hybridized carbons (Fsp3) is 0.483. The van der Waals surface area contributed by atoms with Crippen LogP contribution in [0.25, 0.3) is 0 Å². The Labute approximate surface area is 209 Å². The number of methoxy groups -OCH3 is 1. The average Bonchev–Trinajstić information content (AvgIpc) is 3.35. The molecule has 1 N–H and O–H groups in total. The van der Waals surface area contributed by atoms with E-state index in [1.54, 1.807) is 13.3 Å². The Morgan fingerprint density at radius 1 is 1.03 bits per heavy atom. The SMILES string of the molecule is COc1ccc(COCC[N+](C)(C)Cc2cnc(C(O)(c3ccccc3)C3CCCCC3)o2)cc1. The van der Waals surface area contributed by atoms with Crippen LogP contribution in [-0.4, -0.2) is 48.9 Å². The number of likely N-dealkylation sites (N-methyl/N-ethyl adjacent to an activating group) is 1. The topological polar surface area (TPSA) is 64.7 Å². The summed E-state index contributed by atoms with van der Waals surface area (Å²) >= 11 is 0. The Kier molecular flexibility index (Phi) is 8.26. The largest absolute Gasteiger partial charge is 0.497 e. The molecule has 1 aromatic heterocycles. The second-order valence-corrected chi connectivity index (χ2v) is 10.3. The van der Waals surface area contributed by atoms with E-state index in [0.29, 0.717) is 30.1 Å². The summed E-state index contributed by atoms with van der Waals surface area (Å²) in [6, 6.07) is 17.8. The van der Waals surface area contributed by atoms with E-state index in [0.717, 1.165) is 54.9 Å². The number of nitrogens with zero attached hydrogens (tertiary/aromatic N) is 2. The van der Waals surface area contributed by atoms with Crippen LogP contribution in [0.2, 0.25) is 0 Å². The molecular formula is C29H39N2O4+. The van der Waals surface area contributed by atoms with Crippen molar-refractivity contribution in [2.24, 2.45) is 5.92 Å². The fourth-order valence-corrected chi connectivity index (χ4v) is 5.03. The maximum absolute atomic E-state index is 12.0. The standard InChI is InChI=1S/C29H39N2O4/c1-31(2,18-19-34-22-23-14-16-26(33-3)17-15-23)21-27-20-30-28(35-27)29(32,24-10-6-4-7-11-24)25-12-8-5-9-13-25/h4,6-7,10-11,14-17,20,25,32H,5,8-9,12-13,18-19,21-22H2,1-3H3/q+1. The molecule has 3 aromatic rings. The lowest BCUT2D eigenvalue weighted by atomic mass is 9.73. The molecule has 1 aliphatic carbocycles. The van der Waals surface area contributed by atoms with Crippen LogP contribution in [0.5, 0.6) is 5.75 Å². The van der Waals surface area contributed by atoms with E-state index < -0.39 is 5.60 Å². The first-order valence-electron chi connectivity index (χ1n) is 12.7. The summed E-state index contributed by atoms with van der Waals surface area (Å²) in [5, 5.41) is 12.0. The van der Waals surface area contributed by atoms with Crippen LogP contribution in [0.1, 0.15) is 54.9 Å². The first kappa shape index (κ1) is 25.4. The van der Waals surface area contributed by atoms with Crippen molar-refractivity contribution in [2.45, 2.75) is 50.9 Å². The first-order valence-corrected chi connectivity index (χ1v) is 12.7. The van der Waals surface area contributed by atoms with Crippen molar-refractivity contribution in [3.05, 3.63) is 83.6 Å². The quantitative estimate of drug-likeness (QED) is 0.299. The Morgan fingerprint density at radius 2 is 1.74 bits per heavy atom. The summed E-state index contributed by atoms with van der Waals surface area (Å²) in [6.07, 6.45) is 7.24. The lowest BCUT2D eigenvalue weighted by Crippen LogP contribution is -2.41. The van der Waals surface area contributed by atoms with Gasteiger partial charge in [-0.25, -0.2) is 4.98 Å². The molecule has 1 aliphatic rings. The highest BCUT2D eigenvalue weighted by atomic mass is 16.5. The molecule has 35 heavy (non-hydrogen) atoms. The molecule has 1 atom stereocenters. The lowest BCUT2D eigenvalue weighted by molar-refractivity contribution is -0.905. The summed E-state index contributed by atoms with van der Waals surface area (Å²) in [7, 11) is 5.98. The number of aromatic nitrogens is 1. The number of ether oxygens (including phenoxy) is 2. The van der Waals surface area contributed by atoms with Gasteiger partial charge < -0.3 is 23.5 Å². The van der Waals surface area contributed by atoms with Crippen molar-refractivity contribution in [3.8, 4) is 5.75 Å². The van der Waals surface area contributed by atoms with Crippen molar-refractivity contribution >= 4 is 0 Å². The average molecular weight is 480 g/mol. The predicted molar refractivity (Wildman–Crippen MR) is 136 cm³/mol. The monoisotopic (exact) mass is 479 g/mol. The second-order valence-electron chi connectivity index (χ2n) is 10.3. The summed E-state index contributed by atoms with van der Waals surface area (Å²) in [5.74, 6) is 2.16. The number of hydrogen-bond donors (Lipinski definition) is 1. The van der Waals surface area contributed by atoms with Gasteiger partial charge in [-0.05, 0) is 36.1 Å². The third-order valence-electron chi connectivity index (χ3n) is 7.14. The Hall–Kier alpha value is -2.67. The molecule has 188 valence electrons. The molecule has 0 bridgehead atoms. The van der Waals surface area contributed by atoms with Crippen molar-refractivity contribution in [1.82, 2.24) is 4.98 Å². The van der Waals surface area contributed by atoms with E-state index in [1.165, 1.54) is 6.42 Å². The van der Waals surface area contributed by atoms with E-state index in [4.69, 9.17) is 13.9 Å². The van der Waals surface area contributed by atoms with Crippen LogP contribution >= 0.6 is 0 Å². The summed E-state index contributed by atoms with van der Waals surface area (Å²) < 4.78 is 18.1. The zero-order chi connectivity index (χ0) is 24.7. The van der Waals surface area contributed by atoms with Gasteiger partial charge in [-0.15, -0.1) is 0 Å². The number of oxazole rings is 1. The van der Waals surface area contributed by atoms with Gasteiger partial charge in [0.25, 0.3) is 0 Å². The van der Waals surface area contributed by atoms with Gasteiger partial charge in [0.2, 0.25) is 5.89 Å². The van der Waals surface area contributed by atoms with E-state index in [9.17, 15) is 5.11 Å². The van der Waals surface area contributed by atoms with E-state index >= 15 is 0 Å². The van der Waals surface area contributed by atoms with E-state index in [-0.39, 0.29) is 5.92 Å². The number of quaternary nitrogens is 1. The van der Waals surface area contributed by atoms with Crippen molar-refractivity contribution in [3.63, 3.8) is 0 Å². The Morgan fingerprint density at radius 3 is 2.43 bits per heavy atom. The minimum absolute atomic E-state index is 0.110. The molecule has 6 heteroatoms. The maximum Gasteiger partial charge on any atom is 0.231 e. The highest BCUT2D eigenvalue weighted by Crippen LogP contribution is 2.43. The van der Waals surface area contributed by atoms with Gasteiger partial charge in [-0.3, -0.25) is 0 Å². The van der Waals surface area contributed by atoms with Gasteiger partial charge in [0, 0.05) is 5.92 Å². The minimum Gasteiger partial charge on any atom is -0.497 e. The molecule has 1 saturated carbocycles. The van der Waals surface area contributed by atoms with Crippen LogP contribution < -0.4 is 4.74 Å². The normalized spacial score (nSPS) is 16.7. The van der Waals surface area contributed by atoms with Crippen LogP contribution in [0.4, 0.5) is 0 Å². The summed E-state index contributed by atoms with van der Waals surface area (Å²) in [6.45, 7) is 2.71. The maximum atomic E-state index is 12.0. The third kappa shape index (κ3) is 6.31. The number of rotatable bonds is 11. The van der Waals surface area contributed by atoms with Crippen LogP contribution in [-0.2, 0) is 23.5 Å². The number of benzene rings is 2. The van der Waals surface area contributed by atoms with Crippen molar-refractivity contribution in [1.29, 1.82) is 0 Å². The molecule has 1 unspecified atom stereocenters. The molecule has 0 aliphatic heterocycles. The van der Waals surface area contributed by atoms with Gasteiger partial charge in [0.05, 0.1) is 40.6 Å². The summed E-state index contributed by atoms with van der Waals surface area (Å²) in [4.78, 5) is 4.61. The van der Waals surface area contributed by atoms with Gasteiger partial charge in [-0.1, -0.05) is 61.7 Å². The zero-order valence-electron chi connectivity index (χ0n) is 21.3. The van der Waals surface area contributed by atoms with Gasteiger partial charge in [-0.2, -0.15) is 0 Å². The minimum atomic E-state index is -1.20. The zero-order valence-corrected chi connectivity index (χ0v) is 21.3. The molecule has 0 amide bonds. The van der Waals surface area contributed by atoms with E-state index in [2.05, 4.69) is 19.1 Å². The molecule has 2 aromatic carbocycles. The van der Waals surface area contributed by atoms with Crippen LogP contribution in [0, 0.1) is 5.92 Å². The Bertz CT molecular complexity index is 1040. The second kappa shape index (κ2) is 11.4. The van der Waals surface area contributed by atoms with Crippen molar-refractivity contribution < 1.29 is 23.5 Å². The predicted octanol–water partition coefficient (Wildman–Crippen LogP) is 5.29. The molecule has 1 heterocycles. The summed E-state index contributed by atoms with van der Waals surface area (Å²) in [5.41, 5.74) is 0.790. The van der Waals surface area contributed by atoms with Crippen molar-refractivity contribution in [2.75, 3.05) is 34.4 Å². The fourth-order valence-electron chi connectivity index (χ4n) is 5.03. The van der Waals surface area contributed by atoms with Gasteiger partial charge >= 0.3 is 0 Å². The van der Waals surface area contributed by atoms with Gasteiger partial charge in [0.15, 0.2) is 11.4 Å². The molecule has 1 fully saturated rings. The molecule has 0 spiro atoms. The van der Waals surface area contributed by atoms with Crippen LogP contribution in [0.15, 0.2) is 65.2 Å². The Balaban J connectivity index is 1.38. The number of aliphatic hydroxyl groups is 1. The molecule has 0 radical (unpaired) electrons. The highest BCUT2D eigenvalue weighted by Gasteiger charge is 2.44. The smallest absolute Gasteiger partial charge is 0.231 e. The molecular weight excluding hydrogens is 440 g/mol. The number of hydrogen-bond acceptors (Lipinski definition) is 5. The molecule has 0 saturated heterocycles.